The van der Waals surface area contributed by atoms with Crippen LogP contribution in [0.5, 0.6) is 5.75 Å². The lowest BCUT2D eigenvalue weighted by atomic mass is 10.2. The largest absolute Gasteiger partial charge is 0.484 e. The topological polar surface area (TPSA) is 72.1 Å². The van der Waals surface area contributed by atoms with Crippen molar-refractivity contribution in [2.75, 3.05) is 17.3 Å². The van der Waals surface area contributed by atoms with Gasteiger partial charge in [-0.2, -0.15) is 0 Å². The Kier molecular flexibility index (Phi) is 5.60. The van der Waals surface area contributed by atoms with Gasteiger partial charge in [-0.3, -0.25) is 14.7 Å². The number of amides is 1. The molecule has 2 heterocycles. The number of rotatable bonds is 4. The molecule has 0 saturated heterocycles. The highest BCUT2D eigenvalue weighted by atomic mass is 35.5. The standard InChI is InChI=1S/C21H17ClN2O4S/c1-13-12-29-21(23-13)24(16-6-4-15(22)5-7-16)19(25)11-27-17-8-2-14-3-9-20(26)28-18(14)10-17/h2-10,13H,11-12H2,1H3/t13-/m0/s1. The Bertz CT molecular complexity index is 1140. The van der Waals surface area contributed by atoms with Crippen LogP contribution in [0.2, 0.25) is 5.02 Å². The summed E-state index contributed by atoms with van der Waals surface area (Å²) in [5.74, 6) is 0.991. The second kappa shape index (κ2) is 8.31. The Morgan fingerprint density at radius 3 is 2.72 bits per heavy atom. The number of ether oxygens (including phenoxy) is 1. The van der Waals surface area contributed by atoms with Crippen molar-refractivity contribution in [2.45, 2.75) is 13.0 Å². The van der Waals surface area contributed by atoms with Gasteiger partial charge >= 0.3 is 5.63 Å². The van der Waals surface area contributed by atoms with Crippen LogP contribution in [0.15, 0.2) is 68.8 Å². The molecule has 3 aromatic rings. The van der Waals surface area contributed by atoms with E-state index in [0.717, 1.165) is 11.1 Å². The predicted octanol–water partition coefficient (Wildman–Crippen LogP) is 4.35. The smallest absolute Gasteiger partial charge is 0.336 e. The quantitative estimate of drug-likeness (QED) is 0.577. The van der Waals surface area contributed by atoms with E-state index in [-0.39, 0.29) is 18.6 Å². The molecular formula is C21H17ClN2O4S. The molecular weight excluding hydrogens is 412 g/mol. The van der Waals surface area contributed by atoms with Crippen molar-refractivity contribution >= 4 is 51.1 Å². The Morgan fingerprint density at radius 1 is 1.24 bits per heavy atom. The van der Waals surface area contributed by atoms with E-state index < -0.39 is 5.63 Å². The molecule has 4 rings (SSSR count). The van der Waals surface area contributed by atoms with Gasteiger partial charge in [0.15, 0.2) is 11.8 Å². The molecule has 0 spiro atoms. The molecule has 8 heteroatoms. The van der Waals surface area contributed by atoms with Crippen LogP contribution in [-0.4, -0.2) is 29.5 Å². The molecule has 1 aromatic heterocycles. The Hall–Kier alpha value is -2.77. The highest BCUT2D eigenvalue weighted by Gasteiger charge is 2.27. The molecule has 0 radical (unpaired) electrons. The van der Waals surface area contributed by atoms with Crippen LogP contribution >= 0.6 is 23.4 Å². The lowest BCUT2D eigenvalue weighted by molar-refractivity contribution is -0.119. The van der Waals surface area contributed by atoms with Crippen LogP contribution in [0.25, 0.3) is 11.0 Å². The minimum Gasteiger partial charge on any atom is -0.484 e. The average molecular weight is 429 g/mol. The Balaban J connectivity index is 1.56. The van der Waals surface area contributed by atoms with Gasteiger partial charge in [0, 0.05) is 28.3 Å². The first-order valence-corrected chi connectivity index (χ1v) is 10.3. The van der Waals surface area contributed by atoms with Crippen molar-refractivity contribution in [1.82, 2.24) is 0 Å². The molecule has 0 bridgehead atoms. The fraction of sp³-hybridized carbons (Fsp3) is 0.190. The number of amidine groups is 1. The van der Waals surface area contributed by atoms with Gasteiger partial charge in [0.25, 0.3) is 5.91 Å². The van der Waals surface area contributed by atoms with Gasteiger partial charge < -0.3 is 9.15 Å². The summed E-state index contributed by atoms with van der Waals surface area (Å²) in [4.78, 5) is 30.5. The van der Waals surface area contributed by atoms with Crippen LogP contribution in [-0.2, 0) is 4.79 Å². The summed E-state index contributed by atoms with van der Waals surface area (Å²) in [7, 11) is 0. The minimum atomic E-state index is -0.440. The van der Waals surface area contributed by atoms with E-state index >= 15 is 0 Å². The van der Waals surface area contributed by atoms with E-state index in [4.69, 9.17) is 20.8 Å². The summed E-state index contributed by atoms with van der Waals surface area (Å²) in [6.07, 6.45) is 0. The summed E-state index contributed by atoms with van der Waals surface area (Å²) in [6.45, 7) is 1.81. The van der Waals surface area contributed by atoms with Crippen LogP contribution in [0, 0.1) is 0 Å². The van der Waals surface area contributed by atoms with Crippen LogP contribution in [0.4, 0.5) is 5.69 Å². The maximum atomic E-state index is 13.0. The van der Waals surface area contributed by atoms with E-state index in [1.54, 1.807) is 53.4 Å². The van der Waals surface area contributed by atoms with E-state index in [2.05, 4.69) is 4.99 Å². The third kappa shape index (κ3) is 4.46. The number of hydrogen-bond acceptors (Lipinski definition) is 6. The van der Waals surface area contributed by atoms with Gasteiger partial charge in [-0.1, -0.05) is 23.4 Å². The van der Waals surface area contributed by atoms with Gasteiger partial charge in [0.2, 0.25) is 0 Å². The van der Waals surface area contributed by atoms with E-state index in [1.807, 2.05) is 6.92 Å². The molecule has 0 N–H and O–H groups in total. The number of fused-ring (bicyclic) bond motifs is 1. The summed E-state index contributed by atoms with van der Waals surface area (Å²) < 4.78 is 10.8. The molecule has 0 saturated carbocycles. The second-order valence-corrected chi connectivity index (χ2v) is 7.94. The van der Waals surface area contributed by atoms with E-state index in [0.29, 0.717) is 27.2 Å². The average Bonchev–Trinajstić information content (AvgIpc) is 3.13. The fourth-order valence-electron chi connectivity index (χ4n) is 2.87. The lowest BCUT2D eigenvalue weighted by Crippen LogP contribution is -2.38. The van der Waals surface area contributed by atoms with Crippen molar-refractivity contribution in [3.63, 3.8) is 0 Å². The van der Waals surface area contributed by atoms with Crippen LogP contribution < -0.4 is 15.3 Å². The number of nitrogens with zero attached hydrogens (tertiary/aromatic N) is 2. The monoisotopic (exact) mass is 428 g/mol. The van der Waals surface area contributed by atoms with Crippen LogP contribution in [0.1, 0.15) is 6.92 Å². The predicted molar refractivity (Wildman–Crippen MR) is 116 cm³/mol. The number of benzene rings is 2. The fourth-order valence-corrected chi connectivity index (χ4v) is 4.05. The third-order valence-corrected chi connectivity index (χ3v) is 5.71. The first-order chi connectivity index (χ1) is 14.0. The normalized spacial score (nSPS) is 15.9. The van der Waals surface area contributed by atoms with E-state index in [1.165, 1.54) is 17.8 Å². The molecule has 6 nitrogen and oxygen atoms in total. The summed E-state index contributed by atoms with van der Waals surface area (Å²) >= 11 is 7.51. The zero-order valence-corrected chi connectivity index (χ0v) is 17.1. The van der Waals surface area contributed by atoms with Gasteiger partial charge in [0.05, 0.1) is 11.7 Å². The Morgan fingerprint density at radius 2 is 2.00 bits per heavy atom. The second-order valence-electron chi connectivity index (χ2n) is 6.52. The van der Waals surface area contributed by atoms with Crippen molar-refractivity contribution in [1.29, 1.82) is 0 Å². The number of thioether (sulfide) groups is 1. The maximum Gasteiger partial charge on any atom is 0.336 e. The van der Waals surface area contributed by atoms with Crippen molar-refractivity contribution in [3.05, 3.63) is 70.0 Å². The molecule has 2 aromatic carbocycles. The van der Waals surface area contributed by atoms with Gasteiger partial charge in [-0.05, 0) is 49.4 Å². The van der Waals surface area contributed by atoms with Crippen molar-refractivity contribution in [2.24, 2.45) is 4.99 Å². The number of anilines is 1. The number of carbonyl (C=O) groups excluding carboxylic acids is 1. The highest BCUT2D eigenvalue weighted by Crippen LogP contribution is 2.27. The van der Waals surface area contributed by atoms with E-state index in [9.17, 15) is 9.59 Å². The maximum absolute atomic E-state index is 13.0. The zero-order chi connectivity index (χ0) is 20.4. The summed E-state index contributed by atoms with van der Waals surface area (Å²) in [5, 5.41) is 2.00. The first kappa shape index (κ1) is 19.5. The van der Waals surface area contributed by atoms with Gasteiger partial charge in [0.1, 0.15) is 11.3 Å². The minimum absolute atomic E-state index is 0.141. The molecule has 1 aliphatic rings. The molecule has 1 atom stereocenters. The molecule has 148 valence electrons. The summed E-state index contributed by atoms with van der Waals surface area (Å²) in [5.41, 5.74) is 0.638. The van der Waals surface area contributed by atoms with Gasteiger partial charge in [-0.15, -0.1) is 0 Å². The third-order valence-electron chi connectivity index (χ3n) is 4.27. The first-order valence-electron chi connectivity index (χ1n) is 8.95. The number of carbonyl (C=O) groups is 1. The zero-order valence-electron chi connectivity index (χ0n) is 15.5. The highest BCUT2D eigenvalue weighted by molar-refractivity contribution is 8.14. The number of halogens is 1. The van der Waals surface area contributed by atoms with Crippen LogP contribution in [0.3, 0.4) is 0 Å². The Labute approximate surface area is 176 Å². The lowest BCUT2D eigenvalue weighted by Gasteiger charge is -2.22. The van der Waals surface area contributed by atoms with Crippen molar-refractivity contribution in [3.8, 4) is 5.75 Å². The molecule has 0 fully saturated rings. The summed E-state index contributed by atoms with van der Waals surface area (Å²) in [6, 6.07) is 15.3. The number of aliphatic imine (C=N–C) groups is 1. The van der Waals surface area contributed by atoms with Crippen molar-refractivity contribution < 1.29 is 13.9 Å². The number of hydrogen-bond donors (Lipinski definition) is 0. The SMILES string of the molecule is C[C@H]1CSC(N(C(=O)COc2ccc3ccc(=O)oc3c2)c2ccc(Cl)cc2)=N1. The molecule has 29 heavy (non-hydrogen) atoms. The molecule has 0 aliphatic carbocycles. The molecule has 0 unspecified atom stereocenters. The van der Waals surface area contributed by atoms with Gasteiger partial charge in [-0.25, -0.2) is 4.79 Å². The molecule has 1 amide bonds. The molecule has 1 aliphatic heterocycles.